The van der Waals surface area contributed by atoms with E-state index in [9.17, 15) is 0 Å². The first-order valence-electron chi connectivity index (χ1n) is 9.21. The van der Waals surface area contributed by atoms with Crippen LogP contribution in [0.3, 0.4) is 0 Å². The van der Waals surface area contributed by atoms with E-state index < -0.39 is 0 Å². The average Bonchev–Trinajstić information content (AvgIpc) is 3.20. The molecule has 142 valence electrons. The minimum absolute atomic E-state index is 0.185. The Hall–Kier alpha value is -2.00. The van der Waals surface area contributed by atoms with Crippen molar-refractivity contribution in [2.45, 2.75) is 52.4 Å². The third-order valence-electron chi connectivity index (χ3n) is 4.71. The van der Waals surface area contributed by atoms with E-state index in [1.165, 1.54) is 16.5 Å². The van der Waals surface area contributed by atoms with Gasteiger partial charge in [-0.2, -0.15) is 0 Å². The van der Waals surface area contributed by atoms with Crippen LogP contribution in [0.1, 0.15) is 52.7 Å². The van der Waals surface area contributed by atoms with Gasteiger partial charge in [-0.15, -0.1) is 0 Å². The first-order chi connectivity index (χ1) is 12.6. The van der Waals surface area contributed by atoms with Crippen molar-refractivity contribution in [1.82, 2.24) is 0 Å². The molecule has 2 aromatic carbocycles. The molecule has 4 rings (SSSR count). The van der Waals surface area contributed by atoms with Crippen molar-refractivity contribution in [3.05, 3.63) is 70.6 Å². The molecule has 0 bridgehead atoms. The minimum Gasteiger partial charge on any atom is -0.464 e. The number of benzene rings is 2. The van der Waals surface area contributed by atoms with Crippen LogP contribution in [-0.4, -0.2) is 0 Å². The van der Waals surface area contributed by atoms with Crippen molar-refractivity contribution < 1.29 is 8.83 Å². The zero-order valence-corrected chi connectivity index (χ0v) is 18.5. The maximum Gasteiger partial charge on any atom is 0.135 e. The van der Waals surface area contributed by atoms with Gasteiger partial charge in [0.2, 0.25) is 0 Å². The molecule has 3 heteroatoms. The van der Waals surface area contributed by atoms with Crippen molar-refractivity contribution in [3.8, 4) is 0 Å². The van der Waals surface area contributed by atoms with E-state index in [0.717, 1.165) is 21.0 Å². The largest absolute Gasteiger partial charge is 0.464 e. The molecule has 0 atom stereocenters. The third-order valence-corrected chi connectivity index (χ3v) is 5.32. The lowest BCUT2D eigenvalue weighted by Gasteiger charge is -2.18. The quantitative estimate of drug-likeness (QED) is 0.283. The predicted octanol–water partition coefficient (Wildman–Crippen LogP) is 8.22. The number of hydrogen-bond donors (Lipinski definition) is 0. The highest BCUT2D eigenvalue weighted by molar-refractivity contribution is 9.10. The fourth-order valence-electron chi connectivity index (χ4n) is 2.90. The van der Waals surface area contributed by atoms with E-state index in [2.05, 4.69) is 81.7 Å². The number of furan rings is 2. The molecule has 2 aromatic heterocycles. The predicted molar refractivity (Wildman–Crippen MR) is 118 cm³/mol. The molecular formula is C24H27BrO2. The lowest BCUT2D eigenvalue weighted by molar-refractivity contribution is 0.589. The molecule has 0 aliphatic carbocycles. The SMILES string of the molecule is CC(C)(C)c1ccc2occ(Br)c2c1.CC(C)(C)c1ccc2occc2c1. The van der Waals surface area contributed by atoms with Crippen molar-refractivity contribution in [3.63, 3.8) is 0 Å². The van der Waals surface area contributed by atoms with Crippen LogP contribution in [0.4, 0.5) is 0 Å². The molecular weight excluding hydrogens is 400 g/mol. The molecule has 27 heavy (non-hydrogen) atoms. The Balaban J connectivity index is 0.000000156. The van der Waals surface area contributed by atoms with Gasteiger partial charge in [-0.25, -0.2) is 0 Å². The van der Waals surface area contributed by atoms with Gasteiger partial charge in [0.15, 0.2) is 0 Å². The fourth-order valence-corrected chi connectivity index (χ4v) is 3.30. The van der Waals surface area contributed by atoms with E-state index in [1.54, 1.807) is 12.5 Å². The number of hydrogen-bond acceptors (Lipinski definition) is 2. The van der Waals surface area contributed by atoms with Crippen molar-refractivity contribution in [2.75, 3.05) is 0 Å². The van der Waals surface area contributed by atoms with Crippen molar-refractivity contribution in [1.29, 1.82) is 0 Å². The molecule has 0 fully saturated rings. The highest BCUT2D eigenvalue weighted by atomic mass is 79.9. The molecule has 0 unspecified atom stereocenters. The van der Waals surface area contributed by atoms with Crippen LogP contribution >= 0.6 is 15.9 Å². The molecule has 0 saturated heterocycles. The maximum atomic E-state index is 5.37. The lowest BCUT2D eigenvalue weighted by Crippen LogP contribution is -2.10. The summed E-state index contributed by atoms with van der Waals surface area (Å²) in [5, 5.41) is 2.34. The van der Waals surface area contributed by atoms with Crippen molar-refractivity contribution in [2.24, 2.45) is 0 Å². The Morgan fingerprint density at radius 2 is 1.30 bits per heavy atom. The normalized spacial score (nSPS) is 12.3. The molecule has 2 nitrogen and oxygen atoms in total. The summed E-state index contributed by atoms with van der Waals surface area (Å²) in [7, 11) is 0. The number of halogens is 1. The van der Waals surface area contributed by atoms with E-state index in [4.69, 9.17) is 8.83 Å². The van der Waals surface area contributed by atoms with E-state index in [1.807, 2.05) is 18.2 Å². The van der Waals surface area contributed by atoms with E-state index in [0.29, 0.717) is 0 Å². The van der Waals surface area contributed by atoms with E-state index in [-0.39, 0.29) is 10.8 Å². The van der Waals surface area contributed by atoms with Gasteiger partial charge in [-0.3, -0.25) is 0 Å². The van der Waals surface area contributed by atoms with Gasteiger partial charge in [0.1, 0.15) is 17.4 Å². The summed E-state index contributed by atoms with van der Waals surface area (Å²) in [4.78, 5) is 0. The van der Waals surface area contributed by atoms with Gasteiger partial charge in [-0.05, 0) is 68.2 Å². The van der Waals surface area contributed by atoms with Gasteiger partial charge in [-0.1, -0.05) is 53.7 Å². The number of rotatable bonds is 0. The molecule has 0 N–H and O–H groups in total. The summed E-state index contributed by atoms with van der Waals surface area (Å²) in [5.41, 5.74) is 4.97. The summed E-state index contributed by atoms with van der Waals surface area (Å²) in [6, 6.07) is 14.7. The van der Waals surface area contributed by atoms with Gasteiger partial charge >= 0.3 is 0 Å². The smallest absolute Gasteiger partial charge is 0.135 e. The fraction of sp³-hybridized carbons (Fsp3) is 0.333. The van der Waals surface area contributed by atoms with Gasteiger partial charge in [0, 0.05) is 10.8 Å². The average molecular weight is 427 g/mol. The summed E-state index contributed by atoms with van der Waals surface area (Å²) < 4.78 is 11.7. The molecule has 2 heterocycles. The molecule has 0 saturated carbocycles. The highest BCUT2D eigenvalue weighted by Crippen LogP contribution is 2.31. The van der Waals surface area contributed by atoms with Crippen LogP contribution in [0.25, 0.3) is 21.9 Å². The highest BCUT2D eigenvalue weighted by Gasteiger charge is 2.15. The molecule has 4 aromatic rings. The third kappa shape index (κ3) is 4.47. The van der Waals surface area contributed by atoms with Gasteiger partial charge in [0.05, 0.1) is 10.7 Å². The summed E-state index contributed by atoms with van der Waals surface area (Å²) >= 11 is 3.47. The summed E-state index contributed by atoms with van der Waals surface area (Å²) in [6.07, 6.45) is 3.47. The lowest BCUT2D eigenvalue weighted by atomic mass is 9.86. The molecule has 0 radical (unpaired) electrons. The Bertz CT molecular complexity index is 1060. The zero-order valence-electron chi connectivity index (χ0n) is 16.9. The Labute approximate surface area is 169 Å². The summed E-state index contributed by atoms with van der Waals surface area (Å²) in [5.74, 6) is 0. The van der Waals surface area contributed by atoms with Crippen LogP contribution in [0.15, 0.2) is 68.3 Å². The van der Waals surface area contributed by atoms with Gasteiger partial charge in [0.25, 0.3) is 0 Å². The first-order valence-corrected chi connectivity index (χ1v) is 10.00. The van der Waals surface area contributed by atoms with Crippen LogP contribution in [0.2, 0.25) is 0 Å². The standard InChI is InChI=1S/C12H13BrO.C12H14O/c1-12(2,3)8-4-5-11-9(6-8)10(13)7-14-11;1-12(2,3)10-4-5-11-9(8-10)6-7-13-11/h4-7H,1-3H3;4-8H,1-3H3. The summed E-state index contributed by atoms with van der Waals surface area (Å²) in [6.45, 7) is 13.3. The van der Waals surface area contributed by atoms with Crippen molar-refractivity contribution >= 4 is 37.9 Å². The van der Waals surface area contributed by atoms with Gasteiger partial charge < -0.3 is 8.83 Å². The first kappa shape index (κ1) is 19.8. The maximum absolute atomic E-state index is 5.37. The topological polar surface area (TPSA) is 26.3 Å². The second kappa shape index (κ2) is 7.20. The molecule has 0 amide bonds. The molecule has 0 aliphatic heterocycles. The molecule has 0 aliphatic rings. The Morgan fingerprint density at radius 3 is 1.93 bits per heavy atom. The van der Waals surface area contributed by atoms with Crippen LogP contribution < -0.4 is 0 Å². The van der Waals surface area contributed by atoms with Crippen LogP contribution in [0, 0.1) is 0 Å². The Kier molecular flexibility index (Phi) is 5.27. The van der Waals surface area contributed by atoms with E-state index >= 15 is 0 Å². The second-order valence-corrected chi connectivity index (χ2v) is 9.82. The minimum atomic E-state index is 0.185. The van der Waals surface area contributed by atoms with Crippen LogP contribution in [-0.2, 0) is 10.8 Å². The Morgan fingerprint density at radius 1 is 0.704 bits per heavy atom. The second-order valence-electron chi connectivity index (χ2n) is 8.97. The zero-order chi connectivity index (χ0) is 19.8. The molecule has 0 spiro atoms. The monoisotopic (exact) mass is 426 g/mol. The van der Waals surface area contributed by atoms with Crippen LogP contribution in [0.5, 0.6) is 0 Å². The number of fused-ring (bicyclic) bond motifs is 2.